The quantitative estimate of drug-likeness (QED) is 0.369. The van der Waals surface area contributed by atoms with Gasteiger partial charge >= 0.3 is 18.2 Å². The number of amides is 3. The fraction of sp³-hybridized carbons (Fsp3) is 0.462. The fourth-order valence-corrected chi connectivity index (χ4v) is 7.29. The summed E-state index contributed by atoms with van der Waals surface area (Å²) in [5.41, 5.74) is 1.16. The number of rotatable bonds is 7. The maximum atomic E-state index is 13.2. The van der Waals surface area contributed by atoms with Crippen LogP contribution in [0.1, 0.15) is 45.0 Å². The highest BCUT2D eigenvalue weighted by Crippen LogP contribution is 2.38. The lowest BCUT2D eigenvalue weighted by Gasteiger charge is -2.33. The number of fused-ring (bicyclic) bond motifs is 1. The van der Waals surface area contributed by atoms with Crippen molar-refractivity contribution in [3.05, 3.63) is 45.8 Å². The third-order valence-corrected chi connectivity index (χ3v) is 9.76. The topological polar surface area (TPSA) is 152 Å². The predicted molar refractivity (Wildman–Crippen MR) is 149 cm³/mol. The van der Waals surface area contributed by atoms with Crippen LogP contribution in [-0.2, 0) is 37.2 Å². The highest BCUT2D eigenvalue weighted by Gasteiger charge is 2.33. The van der Waals surface area contributed by atoms with Gasteiger partial charge in [0, 0.05) is 43.2 Å². The molecule has 0 unspecified atom stereocenters. The number of carbonyl (C=O) groups excluding carboxylic acids is 4. The molecule has 1 aromatic heterocycles. The number of nitrogens with zero attached hydrogens (tertiary/aromatic N) is 3. The summed E-state index contributed by atoms with van der Waals surface area (Å²) in [6.07, 6.45) is -0.562. The van der Waals surface area contributed by atoms with E-state index in [0.717, 1.165) is 4.88 Å². The maximum absolute atomic E-state index is 13.2. The Balaban J connectivity index is 1.48. The number of hydrogen-bond acceptors (Lipinski definition) is 10. The Morgan fingerprint density at radius 3 is 2.17 bits per heavy atom. The molecule has 0 aliphatic carbocycles. The standard InChI is InChI=1S/C26H32N4O9S2/c1-4-38-24(32)21-19-10-11-29(25(33)37-3)16-20(19)40-23(21)27-22(31)17-6-8-18(9-7-17)41(35,36)30-14-12-28(13-15-30)26(34)39-5-2/h6-9H,4-5,10-16H2,1-3H3,(H,27,31). The summed E-state index contributed by atoms with van der Waals surface area (Å²) in [5.74, 6) is -1.11. The second-order valence-corrected chi connectivity index (χ2v) is 12.2. The molecule has 3 amide bonds. The zero-order chi connectivity index (χ0) is 29.7. The van der Waals surface area contributed by atoms with Crippen molar-refractivity contribution in [1.82, 2.24) is 14.1 Å². The van der Waals surface area contributed by atoms with E-state index in [9.17, 15) is 27.6 Å². The molecule has 41 heavy (non-hydrogen) atoms. The molecule has 0 saturated carbocycles. The molecule has 0 spiro atoms. The van der Waals surface area contributed by atoms with Gasteiger partial charge in [-0.2, -0.15) is 4.31 Å². The van der Waals surface area contributed by atoms with E-state index in [1.807, 2.05) is 0 Å². The second-order valence-electron chi connectivity index (χ2n) is 9.14. The number of thiophene rings is 1. The van der Waals surface area contributed by atoms with E-state index in [0.29, 0.717) is 23.5 Å². The van der Waals surface area contributed by atoms with Crippen molar-refractivity contribution in [3.8, 4) is 0 Å². The molecule has 1 saturated heterocycles. The lowest BCUT2D eigenvalue weighted by Crippen LogP contribution is -2.50. The van der Waals surface area contributed by atoms with Crippen LogP contribution in [0.4, 0.5) is 14.6 Å². The molecule has 2 aromatic rings. The van der Waals surface area contributed by atoms with Gasteiger partial charge in [-0.1, -0.05) is 0 Å². The van der Waals surface area contributed by atoms with Crippen LogP contribution >= 0.6 is 11.3 Å². The van der Waals surface area contributed by atoms with E-state index in [2.05, 4.69) is 5.32 Å². The van der Waals surface area contributed by atoms with Crippen molar-refractivity contribution >= 4 is 50.4 Å². The Morgan fingerprint density at radius 1 is 0.902 bits per heavy atom. The number of sulfonamides is 1. The van der Waals surface area contributed by atoms with E-state index in [4.69, 9.17) is 14.2 Å². The number of nitrogens with one attached hydrogen (secondary N) is 1. The van der Waals surface area contributed by atoms with Gasteiger partial charge in [-0.15, -0.1) is 11.3 Å². The third kappa shape index (κ3) is 6.47. The highest BCUT2D eigenvalue weighted by atomic mass is 32.2. The van der Waals surface area contributed by atoms with Crippen LogP contribution in [-0.4, -0.2) is 99.6 Å². The van der Waals surface area contributed by atoms with Crippen LogP contribution in [0.25, 0.3) is 0 Å². The maximum Gasteiger partial charge on any atom is 0.409 e. The zero-order valence-corrected chi connectivity index (χ0v) is 24.6. The molecule has 15 heteroatoms. The Labute approximate surface area is 242 Å². The van der Waals surface area contributed by atoms with Crippen LogP contribution in [0, 0.1) is 0 Å². The summed E-state index contributed by atoms with van der Waals surface area (Å²) in [4.78, 5) is 53.6. The Morgan fingerprint density at radius 2 is 1.56 bits per heavy atom. The van der Waals surface area contributed by atoms with E-state index in [1.54, 1.807) is 13.8 Å². The lowest BCUT2D eigenvalue weighted by atomic mass is 10.0. The lowest BCUT2D eigenvalue weighted by molar-refractivity contribution is 0.0526. The smallest absolute Gasteiger partial charge is 0.409 e. The Hall–Kier alpha value is -3.69. The van der Waals surface area contributed by atoms with Gasteiger partial charge in [0.15, 0.2) is 0 Å². The SMILES string of the molecule is CCOC(=O)c1c(NC(=O)c2ccc(S(=O)(=O)N3CCN(C(=O)OCC)CC3)cc2)sc2c1CCN(C(=O)OC)C2. The van der Waals surface area contributed by atoms with Gasteiger partial charge in [-0.3, -0.25) is 4.79 Å². The molecule has 222 valence electrons. The van der Waals surface area contributed by atoms with Crippen LogP contribution in [0.3, 0.4) is 0 Å². The summed E-state index contributed by atoms with van der Waals surface area (Å²) < 4.78 is 42.6. The molecule has 1 fully saturated rings. The minimum atomic E-state index is -3.84. The first-order valence-corrected chi connectivity index (χ1v) is 15.3. The summed E-state index contributed by atoms with van der Waals surface area (Å²) in [6, 6.07) is 5.49. The van der Waals surface area contributed by atoms with Crippen molar-refractivity contribution in [2.75, 3.05) is 58.4 Å². The van der Waals surface area contributed by atoms with Crippen molar-refractivity contribution in [2.24, 2.45) is 0 Å². The fourth-order valence-electron chi connectivity index (χ4n) is 4.62. The number of hydrogen-bond donors (Lipinski definition) is 1. The number of carbonyl (C=O) groups is 4. The first-order chi connectivity index (χ1) is 19.6. The molecule has 0 bridgehead atoms. The average Bonchev–Trinajstić information content (AvgIpc) is 3.34. The molecule has 13 nitrogen and oxygen atoms in total. The van der Waals surface area contributed by atoms with Crippen LogP contribution in [0.15, 0.2) is 29.2 Å². The molecule has 2 aliphatic heterocycles. The van der Waals surface area contributed by atoms with Crippen LogP contribution < -0.4 is 5.32 Å². The minimum absolute atomic E-state index is 0.0142. The Kier molecular flexibility index (Phi) is 9.50. The van der Waals surface area contributed by atoms with Crippen LogP contribution in [0.2, 0.25) is 0 Å². The number of esters is 1. The highest BCUT2D eigenvalue weighted by molar-refractivity contribution is 7.89. The molecular weight excluding hydrogens is 576 g/mol. The van der Waals surface area contributed by atoms with E-state index in [-0.39, 0.29) is 62.0 Å². The van der Waals surface area contributed by atoms with Gasteiger partial charge < -0.3 is 29.3 Å². The number of anilines is 1. The van der Waals surface area contributed by atoms with Crippen molar-refractivity contribution < 1.29 is 41.8 Å². The second kappa shape index (κ2) is 12.9. The number of benzene rings is 1. The van der Waals surface area contributed by atoms with E-state index >= 15 is 0 Å². The molecule has 4 rings (SSSR count). The molecule has 0 atom stereocenters. The Bertz CT molecular complexity index is 1420. The largest absolute Gasteiger partial charge is 0.462 e. The number of methoxy groups -OCH3 is 1. The van der Waals surface area contributed by atoms with Gasteiger partial charge in [0.1, 0.15) is 5.00 Å². The van der Waals surface area contributed by atoms with E-state index < -0.39 is 34.1 Å². The van der Waals surface area contributed by atoms with Gasteiger partial charge in [0.25, 0.3) is 5.91 Å². The van der Waals surface area contributed by atoms with Gasteiger partial charge in [-0.25, -0.2) is 22.8 Å². The van der Waals surface area contributed by atoms with Crippen molar-refractivity contribution in [3.63, 3.8) is 0 Å². The van der Waals surface area contributed by atoms with E-state index in [1.165, 1.54) is 56.8 Å². The zero-order valence-electron chi connectivity index (χ0n) is 23.0. The average molecular weight is 609 g/mol. The molecule has 1 N–H and O–H groups in total. The minimum Gasteiger partial charge on any atom is -0.462 e. The molecular formula is C26H32N4O9S2. The third-order valence-electron chi connectivity index (χ3n) is 6.72. The first kappa shape index (κ1) is 30.3. The summed E-state index contributed by atoms with van der Waals surface area (Å²) in [5, 5.41) is 3.06. The normalized spacial score (nSPS) is 15.6. The summed E-state index contributed by atoms with van der Waals surface area (Å²) >= 11 is 1.18. The number of piperazine rings is 1. The van der Waals surface area contributed by atoms with Gasteiger partial charge in [0.05, 0.1) is 37.3 Å². The summed E-state index contributed by atoms with van der Waals surface area (Å²) in [7, 11) is -2.55. The molecule has 0 radical (unpaired) electrons. The number of ether oxygens (including phenoxy) is 3. The monoisotopic (exact) mass is 608 g/mol. The molecule has 3 heterocycles. The summed E-state index contributed by atoms with van der Waals surface area (Å²) in [6.45, 7) is 5.03. The van der Waals surface area contributed by atoms with Crippen molar-refractivity contribution in [1.29, 1.82) is 0 Å². The predicted octanol–water partition coefficient (Wildman–Crippen LogP) is 2.76. The first-order valence-electron chi connectivity index (χ1n) is 13.1. The molecule has 1 aromatic carbocycles. The van der Waals surface area contributed by atoms with Gasteiger partial charge in [-0.05, 0) is 50.1 Å². The molecule has 2 aliphatic rings. The van der Waals surface area contributed by atoms with Gasteiger partial charge in [0.2, 0.25) is 10.0 Å². The van der Waals surface area contributed by atoms with Crippen molar-refractivity contribution in [2.45, 2.75) is 31.7 Å². The van der Waals surface area contributed by atoms with Crippen LogP contribution in [0.5, 0.6) is 0 Å².